The fourth-order valence-corrected chi connectivity index (χ4v) is 3.82. The predicted octanol–water partition coefficient (Wildman–Crippen LogP) is 1.15. The molecule has 1 aromatic rings. The van der Waals surface area contributed by atoms with E-state index in [1.165, 1.54) is 16.2 Å². The molecule has 0 radical (unpaired) electrons. The van der Waals surface area contributed by atoms with Crippen LogP contribution < -0.4 is 11.1 Å². The van der Waals surface area contributed by atoms with Gasteiger partial charge in [0.2, 0.25) is 0 Å². The summed E-state index contributed by atoms with van der Waals surface area (Å²) in [5.41, 5.74) is 5.70. The number of hydrogen-bond donors (Lipinski definition) is 2. The van der Waals surface area contributed by atoms with E-state index in [2.05, 4.69) is 15.2 Å². The van der Waals surface area contributed by atoms with Gasteiger partial charge in [-0.05, 0) is 6.92 Å². The van der Waals surface area contributed by atoms with E-state index in [4.69, 9.17) is 10.5 Å². The van der Waals surface area contributed by atoms with E-state index in [9.17, 15) is 13.6 Å². The van der Waals surface area contributed by atoms with Gasteiger partial charge in [-0.15, -0.1) is 11.3 Å². The molecule has 0 unspecified atom stereocenters. The van der Waals surface area contributed by atoms with Crippen LogP contribution in [0.25, 0.3) is 0 Å². The molecule has 2 saturated heterocycles. The molecule has 0 aliphatic carbocycles. The Kier molecular flexibility index (Phi) is 4.88. The summed E-state index contributed by atoms with van der Waals surface area (Å²) in [5, 5.41) is 2.63. The van der Waals surface area contributed by atoms with Gasteiger partial charge in [-0.25, -0.2) is 18.6 Å². The molecule has 24 heavy (non-hydrogen) atoms. The number of amides is 2. The van der Waals surface area contributed by atoms with Gasteiger partial charge in [0.1, 0.15) is 0 Å². The number of nitrogen functional groups attached to an aromatic ring is 1. The van der Waals surface area contributed by atoms with E-state index < -0.39 is 31.1 Å². The first-order chi connectivity index (χ1) is 11.3. The van der Waals surface area contributed by atoms with E-state index in [1.54, 1.807) is 6.20 Å². The zero-order valence-corrected chi connectivity index (χ0v) is 14.2. The van der Waals surface area contributed by atoms with Crippen molar-refractivity contribution in [2.75, 3.05) is 45.1 Å². The lowest BCUT2D eigenvalue weighted by Crippen LogP contribution is -2.59. The number of rotatable bonds is 4. The number of alkyl halides is 2. The number of carbonyl (C=O) groups excluding carboxylic acids is 1. The van der Waals surface area contributed by atoms with Crippen molar-refractivity contribution in [1.29, 1.82) is 0 Å². The molecule has 2 amide bonds. The van der Waals surface area contributed by atoms with Crippen LogP contribution in [0.15, 0.2) is 6.20 Å². The molecule has 0 saturated carbocycles. The third-order valence-corrected chi connectivity index (χ3v) is 5.09. The smallest absolute Gasteiger partial charge is 0.318 e. The Hall–Kier alpha value is -1.52. The summed E-state index contributed by atoms with van der Waals surface area (Å²) in [7, 11) is 0. The predicted molar refractivity (Wildman–Crippen MR) is 86.2 cm³/mol. The molecule has 2 atom stereocenters. The van der Waals surface area contributed by atoms with Gasteiger partial charge in [0, 0.05) is 25.8 Å². The third-order valence-electron chi connectivity index (χ3n) is 4.16. The number of nitrogens with two attached hydrogens (primary N) is 1. The number of nitrogens with zero attached hydrogens (tertiary/aromatic N) is 3. The molecule has 0 bridgehead atoms. The fraction of sp³-hybridized carbons (Fsp3) is 0.714. The van der Waals surface area contributed by atoms with Crippen molar-refractivity contribution < 1.29 is 18.3 Å². The lowest BCUT2D eigenvalue weighted by Gasteiger charge is -2.41. The first-order valence-electron chi connectivity index (χ1n) is 7.81. The van der Waals surface area contributed by atoms with E-state index in [1.807, 2.05) is 6.92 Å². The number of ether oxygens (including phenoxy) is 1. The van der Waals surface area contributed by atoms with Crippen molar-refractivity contribution in [3.05, 3.63) is 11.1 Å². The molecule has 3 N–H and O–H groups in total. The summed E-state index contributed by atoms with van der Waals surface area (Å²) in [4.78, 5) is 20.2. The molecule has 2 aliphatic heterocycles. The molecule has 3 heterocycles. The molecule has 10 heteroatoms. The van der Waals surface area contributed by atoms with Gasteiger partial charge in [-0.3, -0.25) is 4.90 Å². The summed E-state index contributed by atoms with van der Waals surface area (Å²) < 4.78 is 33.2. The number of aromatic nitrogens is 1. The van der Waals surface area contributed by atoms with E-state index >= 15 is 0 Å². The van der Waals surface area contributed by atoms with Crippen LogP contribution in [-0.4, -0.2) is 72.2 Å². The van der Waals surface area contributed by atoms with Crippen LogP contribution >= 0.6 is 11.3 Å². The van der Waals surface area contributed by atoms with Gasteiger partial charge in [0.25, 0.3) is 5.92 Å². The zero-order valence-electron chi connectivity index (χ0n) is 13.4. The lowest BCUT2D eigenvalue weighted by atomic mass is 10.1. The summed E-state index contributed by atoms with van der Waals surface area (Å²) in [6.07, 6.45) is 1.64. The second-order valence-corrected chi connectivity index (χ2v) is 7.29. The van der Waals surface area contributed by atoms with Gasteiger partial charge < -0.3 is 20.7 Å². The monoisotopic (exact) mass is 361 g/mol. The highest BCUT2D eigenvalue weighted by molar-refractivity contribution is 7.15. The van der Waals surface area contributed by atoms with E-state index in [0.717, 1.165) is 0 Å². The Morgan fingerprint density at radius 2 is 2.42 bits per heavy atom. The highest BCUT2D eigenvalue weighted by Crippen LogP contribution is 2.32. The molecule has 7 nitrogen and oxygen atoms in total. The quantitative estimate of drug-likeness (QED) is 0.840. The first kappa shape index (κ1) is 17.3. The van der Waals surface area contributed by atoms with Crippen molar-refractivity contribution in [1.82, 2.24) is 20.1 Å². The molecule has 134 valence electrons. The Labute approximate surface area is 142 Å². The van der Waals surface area contributed by atoms with Gasteiger partial charge >= 0.3 is 6.03 Å². The maximum atomic E-state index is 13.8. The molecular formula is C14H21F2N5O2S. The summed E-state index contributed by atoms with van der Waals surface area (Å²) >= 11 is 1.22. The number of hydrogen-bond acceptors (Lipinski definition) is 6. The Bertz CT molecular complexity index is 599. The van der Waals surface area contributed by atoms with Crippen molar-refractivity contribution >= 4 is 22.5 Å². The normalized spacial score (nSPS) is 26.2. The number of anilines is 1. The second-order valence-electron chi connectivity index (χ2n) is 6.20. The van der Waals surface area contributed by atoms with Gasteiger partial charge in [0.05, 0.1) is 36.7 Å². The standard InChI is InChI=1S/C14H21F2N5O2S/c1-9-5-20(2-3-23-9)6-10(11-4-18-12(17)24-11)21-8-14(15,16)7-19-13(21)22/h4,9-10H,2-3,5-8H2,1H3,(H2,17,18)(H,19,22)/t9-,10-/m1/s1. The fourth-order valence-electron chi connectivity index (χ4n) is 3.03. The van der Waals surface area contributed by atoms with Crippen molar-refractivity contribution in [3.8, 4) is 0 Å². The van der Waals surface area contributed by atoms with Crippen LogP contribution in [0.3, 0.4) is 0 Å². The van der Waals surface area contributed by atoms with Gasteiger partial charge in [-0.1, -0.05) is 0 Å². The molecule has 0 aromatic carbocycles. The minimum Gasteiger partial charge on any atom is -0.376 e. The van der Waals surface area contributed by atoms with E-state index in [-0.39, 0.29) is 6.10 Å². The average molecular weight is 361 g/mol. The minimum absolute atomic E-state index is 0.0718. The van der Waals surface area contributed by atoms with Crippen LogP contribution in [0, 0.1) is 0 Å². The molecule has 3 rings (SSSR count). The van der Waals surface area contributed by atoms with Crippen molar-refractivity contribution in [2.45, 2.75) is 25.0 Å². The first-order valence-corrected chi connectivity index (χ1v) is 8.63. The molecule has 2 fully saturated rings. The summed E-state index contributed by atoms with van der Waals surface area (Å²) in [6.45, 7) is 3.14. The van der Waals surface area contributed by atoms with Crippen LogP contribution in [-0.2, 0) is 4.74 Å². The molecule has 0 spiro atoms. The second kappa shape index (κ2) is 6.77. The van der Waals surface area contributed by atoms with Crippen LogP contribution in [0.1, 0.15) is 17.8 Å². The molecular weight excluding hydrogens is 340 g/mol. The molecule has 2 aliphatic rings. The molecule has 1 aromatic heterocycles. The SMILES string of the molecule is C[C@@H]1CN(C[C@H](c2cnc(N)s2)N2CC(F)(F)CNC2=O)CCO1. The highest BCUT2D eigenvalue weighted by Gasteiger charge is 2.43. The topological polar surface area (TPSA) is 83.7 Å². The van der Waals surface area contributed by atoms with Gasteiger partial charge in [-0.2, -0.15) is 0 Å². The maximum Gasteiger partial charge on any atom is 0.318 e. The Morgan fingerprint density at radius 1 is 1.62 bits per heavy atom. The average Bonchev–Trinajstić information content (AvgIpc) is 2.94. The third kappa shape index (κ3) is 3.93. The maximum absolute atomic E-state index is 13.8. The number of carbonyl (C=O) groups is 1. The van der Waals surface area contributed by atoms with Crippen molar-refractivity contribution in [3.63, 3.8) is 0 Å². The Morgan fingerprint density at radius 3 is 3.08 bits per heavy atom. The zero-order chi connectivity index (χ0) is 17.3. The largest absolute Gasteiger partial charge is 0.376 e. The number of thiazole rings is 1. The summed E-state index contributed by atoms with van der Waals surface area (Å²) in [5.74, 6) is -2.96. The van der Waals surface area contributed by atoms with Crippen LogP contribution in [0.2, 0.25) is 0 Å². The Balaban J connectivity index is 1.83. The van der Waals surface area contributed by atoms with Crippen LogP contribution in [0.5, 0.6) is 0 Å². The summed E-state index contributed by atoms with van der Waals surface area (Å²) in [6, 6.07) is -1.00. The number of nitrogens with one attached hydrogen (secondary N) is 1. The number of halogens is 2. The number of urea groups is 1. The minimum atomic E-state index is -2.96. The lowest BCUT2D eigenvalue weighted by molar-refractivity contribution is -0.0559. The highest BCUT2D eigenvalue weighted by atomic mass is 32.1. The number of morpholine rings is 1. The van der Waals surface area contributed by atoms with Crippen molar-refractivity contribution in [2.24, 2.45) is 0 Å². The van der Waals surface area contributed by atoms with Gasteiger partial charge in [0.15, 0.2) is 5.13 Å². The van der Waals surface area contributed by atoms with E-state index in [0.29, 0.717) is 36.2 Å². The van der Waals surface area contributed by atoms with Crippen LogP contribution in [0.4, 0.5) is 18.7 Å².